The average Bonchev–Trinajstić information content (AvgIpc) is 3.11. The van der Waals surface area contributed by atoms with Crippen LogP contribution >= 0.6 is 11.3 Å². The fourth-order valence-electron chi connectivity index (χ4n) is 3.35. The summed E-state index contributed by atoms with van der Waals surface area (Å²) in [6.07, 6.45) is 3.40. The summed E-state index contributed by atoms with van der Waals surface area (Å²) >= 11 is 1.59. The summed E-state index contributed by atoms with van der Waals surface area (Å²) < 4.78 is 1.39. The fraction of sp³-hybridized carbons (Fsp3) is 0.389. The van der Waals surface area contributed by atoms with Crippen molar-refractivity contribution in [2.24, 2.45) is 0 Å². The summed E-state index contributed by atoms with van der Waals surface area (Å²) in [4.78, 5) is 31.4. The molecule has 3 heterocycles. The number of para-hydroxylation sites is 1. The molecule has 26 heavy (non-hydrogen) atoms. The molecule has 7 nitrogen and oxygen atoms in total. The molecule has 0 bridgehead atoms. The van der Waals surface area contributed by atoms with E-state index in [2.05, 4.69) is 15.2 Å². The average molecular weight is 369 g/mol. The van der Waals surface area contributed by atoms with Gasteiger partial charge >= 0.3 is 0 Å². The number of piperidine rings is 1. The van der Waals surface area contributed by atoms with Gasteiger partial charge in [0.15, 0.2) is 0 Å². The number of fused-ring (bicyclic) bond motifs is 1. The zero-order valence-electron chi connectivity index (χ0n) is 14.5. The lowest BCUT2D eigenvalue weighted by atomic mass is 9.99. The molecular weight excluding hydrogens is 350 g/mol. The second kappa shape index (κ2) is 6.95. The van der Waals surface area contributed by atoms with Crippen LogP contribution in [0.3, 0.4) is 0 Å². The topological polar surface area (TPSA) is 81.0 Å². The van der Waals surface area contributed by atoms with Crippen LogP contribution in [0, 0.1) is 6.92 Å². The van der Waals surface area contributed by atoms with Gasteiger partial charge in [-0.3, -0.25) is 14.2 Å². The molecule has 0 aliphatic carbocycles. The molecule has 1 amide bonds. The van der Waals surface area contributed by atoms with Crippen LogP contribution in [0.1, 0.15) is 28.8 Å². The van der Waals surface area contributed by atoms with Crippen molar-refractivity contribution >= 4 is 28.1 Å². The molecular formula is C18H19N5O2S. The number of aromatic nitrogens is 4. The standard InChI is InChI=1S/C18H19N5O2S/c1-12-20-21-17(26-12)13-5-4-8-22(9-13)16(24)10-23-11-19-15-7-3-2-6-14(15)18(23)25/h2-3,6-7,11,13H,4-5,8-10H2,1H3. The van der Waals surface area contributed by atoms with E-state index in [9.17, 15) is 9.59 Å². The van der Waals surface area contributed by atoms with E-state index in [4.69, 9.17) is 0 Å². The largest absolute Gasteiger partial charge is 0.340 e. The zero-order chi connectivity index (χ0) is 18.1. The number of aryl methyl sites for hydroxylation is 1. The van der Waals surface area contributed by atoms with Gasteiger partial charge in [0.05, 0.1) is 17.2 Å². The number of rotatable bonds is 3. The first-order chi connectivity index (χ1) is 12.6. The lowest BCUT2D eigenvalue weighted by Gasteiger charge is -2.31. The van der Waals surface area contributed by atoms with Gasteiger partial charge in [0.1, 0.15) is 16.6 Å². The molecule has 0 radical (unpaired) electrons. The van der Waals surface area contributed by atoms with Crippen LogP contribution in [0.2, 0.25) is 0 Å². The van der Waals surface area contributed by atoms with Gasteiger partial charge in [0.2, 0.25) is 5.91 Å². The van der Waals surface area contributed by atoms with Crippen molar-refractivity contribution in [1.29, 1.82) is 0 Å². The van der Waals surface area contributed by atoms with E-state index < -0.39 is 0 Å². The third-order valence-electron chi connectivity index (χ3n) is 4.70. The monoisotopic (exact) mass is 369 g/mol. The first-order valence-electron chi connectivity index (χ1n) is 8.64. The minimum absolute atomic E-state index is 0.0124. The van der Waals surface area contributed by atoms with Gasteiger partial charge in [-0.2, -0.15) is 0 Å². The SMILES string of the molecule is Cc1nnc(C2CCCN(C(=O)Cn3cnc4ccccc4c3=O)C2)s1. The number of hydrogen-bond donors (Lipinski definition) is 0. The Labute approximate surface area is 154 Å². The summed E-state index contributed by atoms with van der Waals surface area (Å²) in [5.74, 6) is 0.167. The Morgan fingerprint density at radius 2 is 2.15 bits per heavy atom. The van der Waals surface area contributed by atoms with Crippen molar-refractivity contribution in [2.75, 3.05) is 13.1 Å². The second-order valence-electron chi connectivity index (χ2n) is 6.53. The molecule has 2 aromatic heterocycles. The molecule has 3 aromatic rings. The lowest BCUT2D eigenvalue weighted by Crippen LogP contribution is -2.42. The van der Waals surface area contributed by atoms with Crippen molar-refractivity contribution in [3.05, 3.63) is 51.0 Å². The van der Waals surface area contributed by atoms with Crippen LogP contribution in [0.5, 0.6) is 0 Å². The summed E-state index contributed by atoms with van der Waals surface area (Å²) in [5, 5.41) is 10.8. The molecule has 0 N–H and O–H groups in total. The molecule has 0 saturated carbocycles. The summed E-state index contributed by atoms with van der Waals surface area (Å²) in [7, 11) is 0. The molecule has 4 rings (SSSR count). The van der Waals surface area contributed by atoms with Crippen molar-refractivity contribution < 1.29 is 4.79 Å². The minimum Gasteiger partial charge on any atom is -0.340 e. The highest BCUT2D eigenvalue weighted by molar-refractivity contribution is 7.11. The number of carbonyl (C=O) groups is 1. The van der Waals surface area contributed by atoms with Crippen LogP contribution < -0.4 is 5.56 Å². The van der Waals surface area contributed by atoms with E-state index in [0.29, 0.717) is 24.0 Å². The van der Waals surface area contributed by atoms with Crippen molar-refractivity contribution in [2.45, 2.75) is 32.2 Å². The number of benzene rings is 1. The van der Waals surface area contributed by atoms with Gasteiger partial charge in [0.25, 0.3) is 5.56 Å². The highest BCUT2D eigenvalue weighted by atomic mass is 32.1. The van der Waals surface area contributed by atoms with Gasteiger partial charge in [-0.25, -0.2) is 4.98 Å². The third-order valence-corrected chi connectivity index (χ3v) is 5.70. The van der Waals surface area contributed by atoms with Gasteiger partial charge in [-0.1, -0.05) is 12.1 Å². The Morgan fingerprint density at radius 3 is 2.96 bits per heavy atom. The van der Waals surface area contributed by atoms with Crippen LogP contribution in [-0.2, 0) is 11.3 Å². The van der Waals surface area contributed by atoms with E-state index in [1.807, 2.05) is 17.9 Å². The molecule has 1 saturated heterocycles. The smallest absolute Gasteiger partial charge is 0.261 e. The number of carbonyl (C=O) groups excluding carboxylic acids is 1. The minimum atomic E-state index is -0.183. The fourth-order valence-corrected chi connectivity index (χ4v) is 4.17. The highest BCUT2D eigenvalue weighted by Gasteiger charge is 2.27. The Kier molecular flexibility index (Phi) is 4.50. The maximum Gasteiger partial charge on any atom is 0.261 e. The third kappa shape index (κ3) is 3.24. The molecule has 1 aliphatic rings. The van der Waals surface area contributed by atoms with Crippen LogP contribution in [0.25, 0.3) is 10.9 Å². The van der Waals surface area contributed by atoms with Crippen molar-refractivity contribution in [3.63, 3.8) is 0 Å². The Morgan fingerprint density at radius 1 is 1.31 bits per heavy atom. The van der Waals surface area contributed by atoms with Crippen LogP contribution in [-0.4, -0.2) is 43.6 Å². The molecule has 1 atom stereocenters. The molecule has 1 unspecified atom stereocenters. The van der Waals surface area contributed by atoms with Gasteiger partial charge in [-0.15, -0.1) is 21.5 Å². The Bertz CT molecular complexity index is 1010. The Balaban J connectivity index is 1.51. The van der Waals surface area contributed by atoms with Crippen molar-refractivity contribution in [1.82, 2.24) is 24.6 Å². The molecule has 134 valence electrons. The molecule has 1 fully saturated rings. The van der Waals surface area contributed by atoms with Gasteiger partial charge in [-0.05, 0) is 31.9 Å². The number of likely N-dealkylation sites (tertiary alicyclic amines) is 1. The van der Waals surface area contributed by atoms with E-state index in [0.717, 1.165) is 22.9 Å². The second-order valence-corrected chi connectivity index (χ2v) is 7.75. The van der Waals surface area contributed by atoms with Gasteiger partial charge < -0.3 is 4.90 Å². The number of amides is 1. The molecule has 0 spiro atoms. The molecule has 8 heteroatoms. The van der Waals surface area contributed by atoms with E-state index >= 15 is 0 Å². The normalized spacial score (nSPS) is 17.6. The summed E-state index contributed by atoms with van der Waals surface area (Å²) in [6, 6.07) is 7.17. The van der Waals surface area contributed by atoms with Crippen molar-refractivity contribution in [3.8, 4) is 0 Å². The maximum absolute atomic E-state index is 12.7. The van der Waals surface area contributed by atoms with Crippen LogP contribution in [0.4, 0.5) is 0 Å². The van der Waals surface area contributed by atoms with E-state index in [1.165, 1.54) is 10.9 Å². The molecule has 1 aliphatic heterocycles. The summed E-state index contributed by atoms with van der Waals surface area (Å²) in [5.41, 5.74) is 0.461. The predicted molar refractivity (Wildman–Crippen MR) is 99.2 cm³/mol. The van der Waals surface area contributed by atoms with Gasteiger partial charge in [0, 0.05) is 19.0 Å². The molecule has 1 aromatic carbocycles. The van der Waals surface area contributed by atoms with Crippen LogP contribution in [0.15, 0.2) is 35.4 Å². The lowest BCUT2D eigenvalue weighted by molar-refractivity contribution is -0.133. The zero-order valence-corrected chi connectivity index (χ0v) is 15.3. The predicted octanol–water partition coefficient (Wildman–Crippen LogP) is 1.96. The first kappa shape index (κ1) is 16.8. The first-order valence-corrected chi connectivity index (χ1v) is 9.45. The summed E-state index contributed by atoms with van der Waals surface area (Å²) in [6.45, 7) is 3.29. The maximum atomic E-state index is 12.7. The van der Waals surface area contributed by atoms with E-state index in [-0.39, 0.29) is 23.9 Å². The Hall–Kier alpha value is -2.61. The van der Waals surface area contributed by atoms with E-state index in [1.54, 1.807) is 29.5 Å². The number of nitrogens with zero attached hydrogens (tertiary/aromatic N) is 5. The number of hydrogen-bond acceptors (Lipinski definition) is 6. The quantitative estimate of drug-likeness (QED) is 0.705. The highest BCUT2D eigenvalue weighted by Crippen LogP contribution is 2.28.